The molecule has 28 heavy (non-hydrogen) atoms. The van der Waals surface area contributed by atoms with Crippen LogP contribution in [0.25, 0.3) is 0 Å². The first kappa shape index (κ1) is 20.5. The molecule has 2 aliphatic rings. The van der Waals surface area contributed by atoms with Crippen molar-refractivity contribution in [3.63, 3.8) is 0 Å². The van der Waals surface area contributed by atoms with E-state index in [9.17, 15) is 14.9 Å². The van der Waals surface area contributed by atoms with Gasteiger partial charge in [0.1, 0.15) is 5.69 Å². The largest absolute Gasteiger partial charge is 0.379 e. The summed E-state index contributed by atoms with van der Waals surface area (Å²) < 4.78 is 11.1. The van der Waals surface area contributed by atoms with Crippen molar-refractivity contribution in [1.82, 2.24) is 5.32 Å². The lowest BCUT2D eigenvalue weighted by molar-refractivity contribution is -0.384. The Morgan fingerprint density at radius 2 is 2.07 bits per heavy atom. The maximum Gasteiger partial charge on any atom is 0.292 e. The Labute approximate surface area is 165 Å². The molecule has 1 aromatic carbocycles. The number of anilines is 1. The van der Waals surface area contributed by atoms with Crippen LogP contribution < -0.4 is 10.2 Å². The number of nitrogens with zero attached hydrogens (tertiary/aromatic N) is 2. The maximum atomic E-state index is 12.4. The van der Waals surface area contributed by atoms with Gasteiger partial charge in [-0.25, -0.2) is 0 Å². The van der Waals surface area contributed by atoms with Crippen LogP contribution in [0, 0.1) is 16.0 Å². The number of carbonyl (C=O) groups excluding carboxylic acids is 1. The molecule has 0 bridgehead atoms. The molecule has 1 N–H and O–H groups in total. The van der Waals surface area contributed by atoms with Crippen LogP contribution in [0.4, 0.5) is 11.4 Å². The summed E-state index contributed by atoms with van der Waals surface area (Å²) in [7, 11) is 0. The molecule has 2 fully saturated rings. The number of nitro benzene ring substituents is 1. The summed E-state index contributed by atoms with van der Waals surface area (Å²) >= 11 is 0. The van der Waals surface area contributed by atoms with Crippen molar-refractivity contribution in [2.24, 2.45) is 5.92 Å². The first-order valence-corrected chi connectivity index (χ1v) is 10.1. The van der Waals surface area contributed by atoms with Gasteiger partial charge in [0.25, 0.3) is 5.69 Å². The van der Waals surface area contributed by atoms with E-state index in [0.717, 1.165) is 25.9 Å². The Morgan fingerprint density at radius 3 is 2.79 bits per heavy atom. The minimum atomic E-state index is -0.352. The number of hydrogen-bond donors (Lipinski definition) is 1. The zero-order chi connectivity index (χ0) is 19.8. The third kappa shape index (κ3) is 5.65. The van der Waals surface area contributed by atoms with Crippen LogP contribution >= 0.6 is 0 Å². The number of nitrogens with one attached hydrogen (secondary N) is 1. The lowest BCUT2D eigenvalue weighted by Gasteiger charge is -2.32. The van der Waals surface area contributed by atoms with Gasteiger partial charge in [-0.1, -0.05) is 12.1 Å². The van der Waals surface area contributed by atoms with Crippen LogP contribution in [0.1, 0.15) is 32.1 Å². The molecule has 2 heterocycles. The second-order valence-electron chi connectivity index (χ2n) is 7.36. The molecule has 0 radical (unpaired) electrons. The summed E-state index contributed by atoms with van der Waals surface area (Å²) in [5.74, 6) is 0.0353. The van der Waals surface area contributed by atoms with E-state index in [0.29, 0.717) is 51.4 Å². The Balaban J connectivity index is 1.33. The van der Waals surface area contributed by atoms with Crippen LogP contribution in [-0.4, -0.2) is 56.4 Å². The van der Waals surface area contributed by atoms with Gasteiger partial charge in [-0.3, -0.25) is 14.9 Å². The SMILES string of the molecule is O=C(NCCCOCC1CCCO1)C1CCN(c2ccccc2[N+](=O)[O-])CC1. The summed E-state index contributed by atoms with van der Waals surface area (Å²) in [5, 5.41) is 14.2. The Kier molecular flexibility index (Phi) is 7.62. The van der Waals surface area contributed by atoms with E-state index in [-0.39, 0.29) is 28.5 Å². The normalized spacial score (nSPS) is 20.3. The maximum absolute atomic E-state index is 12.4. The molecule has 0 aromatic heterocycles. The number of piperidine rings is 1. The first-order valence-electron chi connectivity index (χ1n) is 10.1. The standard InChI is InChI=1S/C20H29N3O5/c24-20(21-10-4-13-27-15-17-5-3-14-28-17)16-8-11-22(12-9-16)18-6-1-2-7-19(18)23(25)26/h1-2,6-7,16-17H,3-5,8-15H2,(H,21,24). The minimum Gasteiger partial charge on any atom is -0.379 e. The Hall–Kier alpha value is -2.19. The number of ether oxygens (including phenoxy) is 2. The average molecular weight is 391 g/mol. The van der Waals surface area contributed by atoms with Gasteiger partial charge in [-0.05, 0) is 38.2 Å². The zero-order valence-electron chi connectivity index (χ0n) is 16.2. The zero-order valence-corrected chi connectivity index (χ0v) is 16.2. The Bertz CT molecular complexity index is 655. The van der Waals surface area contributed by atoms with E-state index >= 15 is 0 Å². The summed E-state index contributed by atoms with van der Waals surface area (Å²) in [6, 6.07) is 6.78. The van der Waals surface area contributed by atoms with Crippen LogP contribution in [0.3, 0.4) is 0 Å². The molecule has 2 aliphatic heterocycles. The fourth-order valence-corrected chi connectivity index (χ4v) is 3.79. The van der Waals surface area contributed by atoms with Crippen molar-refractivity contribution >= 4 is 17.3 Å². The molecule has 0 spiro atoms. The molecule has 2 saturated heterocycles. The second-order valence-corrected chi connectivity index (χ2v) is 7.36. The number of para-hydroxylation sites is 2. The van der Waals surface area contributed by atoms with Crippen LogP contribution in [0.5, 0.6) is 0 Å². The van der Waals surface area contributed by atoms with E-state index in [2.05, 4.69) is 5.32 Å². The van der Waals surface area contributed by atoms with E-state index in [1.54, 1.807) is 12.1 Å². The highest BCUT2D eigenvalue weighted by Gasteiger charge is 2.27. The average Bonchev–Trinajstić information content (AvgIpc) is 3.24. The minimum absolute atomic E-state index is 0.0353. The molecule has 8 nitrogen and oxygen atoms in total. The fraction of sp³-hybridized carbons (Fsp3) is 0.650. The predicted molar refractivity (Wildman–Crippen MR) is 105 cm³/mol. The molecule has 154 valence electrons. The van der Waals surface area contributed by atoms with Gasteiger partial charge in [0.15, 0.2) is 0 Å². The third-order valence-electron chi connectivity index (χ3n) is 5.38. The first-order chi connectivity index (χ1) is 13.6. The van der Waals surface area contributed by atoms with Gasteiger partial charge >= 0.3 is 0 Å². The lowest BCUT2D eigenvalue weighted by atomic mass is 9.95. The number of hydrogen-bond acceptors (Lipinski definition) is 6. The molecule has 1 aromatic rings. The van der Waals surface area contributed by atoms with Gasteiger partial charge < -0.3 is 19.7 Å². The molecule has 1 unspecified atom stereocenters. The Morgan fingerprint density at radius 1 is 1.29 bits per heavy atom. The van der Waals surface area contributed by atoms with Crippen LogP contribution in [0.2, 0.25) is 0 Å². The highest BCUT2D eigenvalue weighted by atomic mass is 16.6. The number of amides is 1. The van der Waals surface area contributed by atoms with Gasteiger partial charge in [-0.2, -0.15) is 0 Å². The molecule has 1 atom stereocenters. The van der Waals surface area contributed by atoms with Crippen LogP contribution in [0.15, 0.2) is 24.3 Å². The van der Waals surface area contributed by atoms with Crippen molar-refractivity contribution in [2.45, 2.75) is 38.2 Å². The van der Waals surface area contributed by atoms with Crippen molar-refractivity contribution in [3.8, 4) is 0 Å². The number of benzene rings is 1. The van der Waals surface area contributed by atoms with Crippen molar-refractivity contribution in [1.29, 1.82) is 0 Å². The van der Waals surface area contributed by atoms with Gasteiger partial charge in [-0.15, -0.1) is 0 Å². The number of nitro groups is 1. The molecule has 3 rings (SSSR count). The fourth-order valence-electron chi connectivity index (χ4n) is 3.79. The van der Waals surface area contributed by atoms with E-state index in [4.69, 9.17) is 9.47 Å². The third-order valence-corrected chi connectivity index (χ3v) is 5.38. The number of carbonyl (C=O) groups is 1. The number of rotatable bonds is 9. The molecule has 0 aliphatic carbocycles. The summed E-state index contributed by atoms with van der Waals surface area (Å²) in [6.45, 7) is 3.99. The highest BCUT2D eigenvalue weighted by molar-refractivity contribution is 5.79. The summed E-state index contributed by atoms with van der Waals surface area (Å²) in [6.07, 6.45) is 4.61. The quantitative estimate of drug-likeness (QED) is 0.395. The molecule has 1 amide bonds. The summed E-state index contributed by atoms with van der Waals surface area (Å²) in [4.78, 5) is 25.2. The van der Waals surface area contributed by atoms with Gasteiger partial charge in [0.05, 0.1) is 17.6 Å². The molecule has 0 saturated carbocycles. The van der Waals surface area contributed by atoms with E-state index in [1.807, 2.05) is 11.0 Å². The van der Waals surface area contributed by atoms with Gasteiger partial charge in [0.2, 0.25) is 5.91 Å². The molecular weight excluding hydrogens is 362 g/mol. The topological polar surface area (TPSA) is 93.9 Å². The molecular formula is C20H29N3O5. The van der Waals surface area contributed by atoms with E-state index < -0.39 is 0 Å². The van der Waals surface area contributed by atoms with Crippen molar-refractivity contribution < 1.29 is 19.2 Å². The van der Waals surface area contributed by atoms with Gasteiger partial charge in [0, 0.05) is 44.8 Å². The smallest absolute Gasteiger partial charge is 0.292 e. The van der Waals surface area contributed by atoms with E-state index in [1.165, 1.54) is 6.07 Å². The highest BCUT2D eigenvalue weighted by Crippen LogP contribution is 2.31. The second kappa shape index (κ2) is 10.4. The monoisotopic (exact) mass is 391 g/mol. The predicted octanol–water partition coefficient (Wildman–Crippen LogP) is 2.51. The summed E-state index contributed by atoms with van der Waals surface area (Å²) in [5.41, 5.74) is 0.753. The van der Waals surface area contributed by atoms with Crippen molar-refractivity contribution in [3.05, 3.63) is 34.4 Å². The molecule has 8 heteroatoms. The lowest BCUT2D eigenvalue weighted by Crippen LogP contribution is -2.41. The van der Waals surface area contributed by atoms with Crippen LogP contribution in [-0.2, 0) is 14.3 Å². The van der Waals surface area contributed by atoms with Crippen molar-refractivity contribution in [2.75, 3.05) is 44.4 Å².